The molecular formula is C56H68N10O19S2. The minimum absolute atomic E-state index is 0.00960. The summed E-state index contributed by atoms with van der Waals surface area (Å²) < 4.78 is 22.9. The van der Waals surface area contributed by atoms with E-state index in [-0.39, 0.29) is 23.8 Å². The molecule has 14 atom stereocenters. The van der Waals surface area contributed by atoms with E-state index in [1.807, 2.05) is 24.3 Å². The Morgan fingerprint density at radius 2 is 1.43 bits per heavy atom. The van der Waals surface area contributed by atoms with Crippen molar-refractivity contribution in [2.24, 2.45) is 5.92 Å². The number of carbonyl (C=O) groups excluding carboxylic acids is 7. The highest BCUT2D eigenvalue weighted by Gasteiger charge is 2.50. The van der Waals surface area contributed by atoms with Crippen LogP contribution in [0.2, 0.25) is 0 Å². The van der Waals surface area contributed by atoms with Crippen molar-refractivity contribution in [3.05, 3.63) is 89.3 Å². The Morgan fingerprint density at radius 1 is 0.793 bits per heavy atom. The van der Waals surface area contributed by atoms with E-state index in [0.29, 0.717) is 15.6 Å². The number of β-amino-alcohol motifs (C(OH)–C–C–N with tert-alkyl or cyclic N) is 1. The SMILES string of the molecule is [C-]#[N+]C[C@@H](O)[C@@H]1NC(=O)C([C@H](O)Cc2ccc(O)c(S(=O)OOO)c2)NC(=O)C2CC(O)CN2C(=O)C(C(C)O)NC(=O)[C@@H](NC(=O)c2ccc(-c3nnc(-c4ccc(OC5CCCCC5)cc4)s3)cc2)C[C@H](O)CNC(=O)C2[C@@H](O)C(C)CN2C1=O. The topological polar surface area (TPSA) is 423 Å². The van der Waals surface area contributed by atoms with Crippen molar-refractivity contribution in [1.29, 1.82) is 0 Å². The van der Waals surface area contributed by atoms with Crippen molar-refractivity contribution in [2.75, 3.05) is 26.2 Å². The molecular weight excluding hydrogens is 1180 g/mol. The highest BCUT2D eigenvalue weighted by Crippen LogP contribution is 2.33. The average Bonchev–Trinajstić information content (AvgIpc) is 2.38. The van der Waals surface area contributed by atoms with Crippen LogP contribution in [-0.4, -0.2) is 212 Å². The van der Waals surface area contributed by atoms with Crippen molar-refractivity contribution in [3.8, 4) is 32.6 Å². The fourth-order valence-electron chi connectivity index (χ4n) is 10.9. The van der Waals surface area contributed by atoms with E-state index in [1.165, 1.54) is 42.9 Å². The zero-order valence-electron chi connectivity index (χ0n) is 47.0. The van der Waals surface area contributed by atoms with E-state index in [9.17, 15) is 73.5 Å². The Bertz CT molecular complexity index is 3200. The van der Waals surface area contributed by atoms with Crippen LogP contribution in [0.15, 0.2) is 71.6 Å². The predicted octanol–water partition coefficient (Wildman–Crippen LogP) is -1.40. The summed E-state index contributed by atoms with van der Waals surface area (Å²) in [5.41, 5.74) is 1.40. The number of hydrogen-bond donors (Lipinski definition) is 13. The van der Waals surface area contributed by atoms with Crippen LogP contribution in [0.25, 0.3) is 26.0 Å². The zero-order chi connectivity index (χ0) is 62.8. The lowest BCUT2D eigenvalue weighted by Crippen LogP contribution is -2.64. The molecule has 0 bridgehead atoms. The predicted molar refractivity (Wildman–Crippen MR) is 304 cm³/mol. The molecule has 1 aliphatic carbocycles. The number of hydrogen-bond acceptors (Lipinski definition) is 22. The van der Waals surface area contributed by atoms with Crippen molar-refractivity contribution in [3.63, 3.8) is 0 Å². The van der Waals surface area contributed by atoms with Gasteiger partial charge in [0.15, 0.2) is 6.10 Å². The van der Waals surface area contributed by atoms with E-state index in [4.69, 9.17) is 16.6 Å². The lowest BCUT2D eigenvalue weighted by atomic mass is 9.98. The summed E-state index contributed by atoms with van der Waals surface area (Å²) in [6.45, 7) is 7.53. The van der Waals surface area contributed by atoms with Gasteiger partial charge in [-0.3, -0.25) is 33.6 Å². The molecule has 4 aliphatic rings. The minimum atomic E-state index is -2.67. The molecule has 3 saturated heterocycles. The van der Waals surface area contributed by atoms with Gasteiger partial charge in [-0.15, -0.1) is 10.2 Å². The third kappa shape index (κ3) is 15.9. The van der Waals surface area contributed by atoms with Gasteiger partial charge in [-0.05, 0) is 86.7 Å². The van der Waals surface area contributed by atoms with Crippen LogP contribution in [0.5, 0.6) is 11.5 Å². The first kappa shape index (κ1) is 65.4. The van der Waals surface area contributed by atoms with Gasteiger partial charge in [0.1, 0.15) is 62.7 Å². The highest BCUT2D eigenvalue weighted by atomic mass is 32.2. The second kappa shape index (κ2) is 29.4. The summed E-state index contributed by atoms with van der Waals surface area (Å²) >= 11 is -1.37. The van der Waals surface area contributed by atoms with Gasteiger partial charge in [0, 0.05) is 61.5 Å². The van der Waals surface area contributed by atoms with Gasteiger partial charge in [-0.1, -0.05) is 52.3 Å². The highest BCUT2D eigenvalue weighted by molar-refractivity contribution is 7.80. The second-order valence-electron chi connectivity index (χ2n) is 21.9. The van der Waals surface area contributed by atoms with Crippen LogP contribution in [0.3, 0.4) is 0 Å². The van der Waals surface area contributed by atoms with E-state index in [1.54, 1.807) is 12.1 Å². The summed E-state index contributed by atoms with van der Waals surface area (Å²) in [4.78, 5) is 105. The summed E-state index contributed by atoms with van der Waals surface area (Å²) in [5, 5.41) is 112. The first-order valence-electron chi connectivity index (χ1n) is 28.0. The van der Waals surface area contributed by atoms with Gasteiger partial charge >= 0.3 is 0 Å². The number of nitrogens with zero attached hydrogens (tertiary/aromatic N) is 5. The van der Waals surface area contributed by atoms with Crippen molar-refractivity contribution in [1.82, 2.24) is 46.6 Å². The molecule has 0 radical (unpaired) electrons. The number of aromatic nitrogens is 2. The molecule has 4 heterocycles. The van der Waals surface area contributed by atoms with Crippen molar-refractivity contribution < 1.29 is 92.9 Å². The number of aliphatic hydroxyl groups is 6. The number of benzene rings is 3. The summed E-state index contributed by atoms with van der Waals surface area (Å²) in [5.74, 6) is -8.88. The first-order chi connectivity index (χ1) is 41.5. The molecule has 8 unspecified atom stereocenters. The van der Waals surface area contributed by atoms with Crippen LogP contribution in [0, 0.1) is 12.5 Å². The molecule has 0 spiro atoms. The zero-order valence-corrected chi connectivity index (χ0v) is 48.7. The Labute approximate surface area is 504 Å². The lowest BCUT2D eigenvalue weighted by molar-refractivity contribution is -0.435. The smallest absolute Gasteiger partial charge is 0.251 e. The average molecular weight is 1250 g/mol. The molecule has 1 aromatic heterocycles. The molecule has 1 saturated carbocycles. The number of phenols is 1. The molecule has 4 fully saturated rings. The number of aromatic hydroxyl groups is 1. The third-order valence-electron chi connectivity index (χ3n) is 15.5. The van der Waals surface area contributed by atoms with E-state index < -0.39 is 181 Å². The van der Waals surface area contributed by atoms with Crippen LogP contribution >= 0.6 is 11.3 Å². The maximum Gasteiger partial charge on any atom is 0.251 e. The monoisotopic (exact) mass is 1250 g/mol. The fourth-order valence-corrected chi connectivity index (χ4v) is 12.3. The minimum Gasteiger partial charge on any atom is -0.507 e. The molecule has 8 rings (SSSR count). The van der Waals surface area contributed by atoms with E-state index in [2.05, 4.69) is 51.0 Å². The maximum absolute atomic E-state index is 14.6. The number of fused-ring (bicyclic) bond motifs is 2. The third-order valence-corrected chi connectivity index (χ3v) is 17.4. The Morgan fingerprint density at radius 3 is 2.07 bits per heavy atom. The summed E-state index contributed by atoms with van der Waals surface area (Å²) in [7, 11) is 0. The Kier molecular flexibility index (Phi) is 22.1. The molecule has 4 aromatic rings. The number of carbonyl (C=O) groups is 7. The number of nitrogens with one attached hydrogen (secondary N) is 5. The number of rotatable bonds is 15. The van der Waals surface area contributed by atoms with Crippen LogP contribution in [-0.2, 0) is 55.6 Å². The van der Waals surface area contributed by atoms with Gasteiger partial charge in [0.2, 0.25) is 53.1 Å². The van der Waals surface area contributed by atoms with Gasteiger partial charge < -0.3 is 81.7 Å². The molecule has 3 aliphatic heterocycles. The van der Waals surface area contributed by atoms with Gasteiger partial charge in [0.05, 0.1) is 36.6 Å². The van der Waals surface area contributed by atoms with Gasteiger partial charge in [0.25, 0.3) is 5.91 Å². The van der Waals surface area contributed by atoms with Crippen molar-refractivity contribution in [2.45, 2.75) is 149 Å². The second-order valence-corrected chi connectivity index (χ2v) is 23.9. The first-order valence-corrected chi connectivity index (χ1v) is 29.9. The van der Waals surface area contributed by atoms with E-state index >= 15 is 0 Å². The van der Waals surface area contributed by atoms with Gasteiger partial charge in [-0.25, -0.2) is 16.0 Å². The maximum atomic E-state index is 14.6. The standard InChI is InChI=1S/C56H68N10O19S2/c1-27-25-66-46(47(27)73)52(78)58-23-33(68)21-37(59-48(74)30-10-12-31(13-11-30)53-63-64-54(86-53)32-14-16-36(17-15-32)83-35-7-5-4-6-8-35)49(75)60-43(28(2)67)55(79)65-26-34(69)22-38(65)50(76)61-44(51(77)62-45(56(66)80)41(72)24-57-3)40(71)19-29-9-18-39(70)42(20-29)87(82)85-84-81/h9-18,20,27-28,33-35,37-38,40-41,43-47,67-73,81H,4-8,19,21-26H2,1-2H3,(H,58,78)(H,59,74)(H,60,75)(H,61,76)(H,62,77)/t27?,28?,33-,34?,37-,38?,40+,41+,43?,44?,45-,46?,47-,87?/m0/s1. The molecule has 13 N–H and O–H groups in total. The number of amides is 7. The van der Waals surface area contributed by atoms with Crippen molar-refractivity contribution >= 4 is 63.8 Å². The molecule has 87 heavy (non-hydrogen) atoms. The molecule has 468 valence electrons. The summed E-state index contributed by atoms with van der Waals surface area (Å²) in [6, 6.07) is 5.27. The molecule has 29 nitrogen and oxygen atoms in total. The Balaban J connectivity index is 1.08. The Hall–Kier alpha value is -7.61. The number of aliphatic hydroxyl groups excluding tert-OH is 6. The summed E-state index contributed by atoms with van der Waals surface area (Å²) in [6.07, 6.45) is -6.87. The molecule has 7 amide bonds. The fraction of sp³-hybridized carbons (Fsp3) is 0.500. The van der Waals surface area contributed by atoms with Gasteiger partial charge in [-0.2, -0.15) is 0 Å². The number of phenolic OH excluding ortho intramolecular Hbond substituents is 1. The lowest BCUT2D eigenvalue weighted by Gasteiger charge is -2.33. The van der Waals surface area contributed by atoms with Crippen LogP contribution in [0.1, 0.15) is 74.7 Å². The normalized spacial score (nSPS) is 27.0. The number of ether oxygens (including phenoxy) is 1. The van der Waals surface area contributed by atoms with Crippen LogP contribution < -0.4 is 31.3 Å². The largest absolute Gasteiger partial charge is 0.507 e. The quantitative estimate of drug-likeness (QED) is 0.0370. The van der Waals surface area contributed by atoms with Crippen LogP contribution in [0.4, 0.5) is 0 Å². The molecule has 3 aromatic carbocycles. The van der Waals surface area contributed by atoms with E-state index in [0.717, 1.165) is 65.9 Å². The molecule has 31 heteroatoms.